The highest BCUT2D eigenvalue weighted by atomic mass is 35.5. The third kappa shape index (κ3) is 4.76. The Kier molecular flexibility index (Phi) is 5.66. The minimum atomic E-state index is 0.0534. The van der Waals surface area contributed by atoms with E-state index in [4.69, 9.17) is 27.9 Å². The highest BCUT2D eigenvalue weighted by molar-refractivity contribution is 6.36. The van der Waals surface area contributed by atoms with Crippen LogP contribution in [0.2, 0.25) is 10.0 Å². The Labute approximate surface area is 134 Å². The highest BCUT2D eigenvalue weighted by Crippen LogP contribution is 2.25. The number of ketones is 1. The summed E-state index contributed by atoms with van der Waals surface area (Å²) in [5.74, 6) is 0.830. The van der Waals surface area contributed by atoms with E-state index in [9.17, 15) is 4.79 Å². The summed E-state index contributed by atoms with van der Waals surface area (Å²) in [6.45, 7) is 2.35. The molecule has 0 aliphatic carbocycles. The Hall–Kier alpha value is -1.51. The topological polar surface area (TPSA) is 26.3 Å². The molecule has 0 saturated heterocycles. The normalized spacial score (nSPS) is 10.4. The molecule has 4 heteroatoms. The van der Waals surface area contributed by atoms with Gasteiger partial charge in [0.05, 0.1) is 6.61 Å². The van der Waals surface area contributed by atoms with Gasteiger partial charge in [0.25, 0.3) is 0 Å². The first kappa shape index (κ1) is 15.9. The highest BCUT2D eigenvalue weighted by Gasteiger charge is 2.11. The lowest BCUT2D eigenvalue weighted by Crippen LogP contribution is -2.09. The maximum atomic E-state index is 12.0. The van der Waals surface area contributed by atoms with Crippen molar-refractivity contribution in [2.24, 2.45) is 0 Å². The number of carbonyl (C=O) groups excluding carboxylic acids is 1. The molecular weight excluding hydrogens is 307 g/mol. The van der Waals surface area contributed by atoms with Gasteiger partial charge in [-0.25, -0.2) is 0 Å². The van der Waals surface area contributed by atoms with Crippen LogP contribution in [0.3, 0.4) is 0 Å². The largest absolute Gasteiger partial charge is 0.493 e. The number of Topliss-reactive ketones (excluding diaryl/α,β-unsaturated/α-hetero) is 1. The van der Waals surface area contributed by atoms with E-state index in [1.54, 1.807) is 18.2 Å². The monoisotopic (exact) mass is 322 g/mol. The Bertz CT molecular complexity index is 618. The summed E-state index contributed by atoms with van der Waals surface area (Å²) in [6.07, 6.45) is 0.561. The predicted molar refractivity (Wildman–Crippen MR) is 86.5 cm³/mol. The Balaban J connectivity index is 1.85. The van der Waals surface area contributed by atoms with Crippen molar-refractivity contribution >= 4 is 29.0 Å². The molecule has 2 rings (SSSR count). The Morgan fingerprint density at radius 3 is 2.43 bits per heavy atom. The maximum Gasteiger partial charge on any atom is 0.140 e. The zero-order valence-electron chi connectivity index (χ0n) is 11.7. The van der Waals surface area contributed by atoms with Crippen LogP contribution in [0.15, 0.2) is 42.5 Å². The molecule has 0 saturated carbocycles. The van der Waals surface area contributed by atoms with Crippen LogP contribution in [-0.4, -0.2) is 12.4 Å². The van der Waals surface area contributed by atoms with Crippen molar-refractivity contribution in [1.29, 1.82) is 0 Å². The summed E-state index contributed by atoms with van der Waals surface area (Å²) in [5.41, 5.74) is 1.81. The van der Waals surface area contributed by atoms with Gasteiger partial charge in [-0.1, -0.05) is 41.4 Å². The summed E-state index contributed by atoms with van der Waals surface area (Å²) in [7, 11) is 0. The fourth-order valence-electron chi connectivity index (χ4n) is 1.97. The summed E-state index contributed by atoms with van der Waals surface area (Å²) in [6, 6.07) is 13.0. The predicted octanol–water partition coefficient (Wildman–Crippen LogP) is 4.88. The van der Waals surface area contributed by atoms with Gasteiger partial charge in [-0.2, -0.15) is 0 Å². The van der Waals surface area contributed by atoms with Crippen LogP contribution >= 0.6 is 23.2 Å². The lowest BCUT2D eigenvalue weighted by atomic mass is 10.1. The van der Waals surface area contributed by atoms with Crippen LogP contribution in [0.1, 0.15) is 17.5 Å². The molecule has 2 aromatic carbocycles. The quantitative estimate of drug-likeness (QED) is 0.757. The third-order valence-electron chi connectivity index (χ3n) is 3.07. The van der Waals surface area contributed by atoms with E-state index in [-0.39, 0.29) is 12.2 Å². The van der Waals surface area contributed by atoms with Gasteiger partial charge in [0, 0.05) is 22.9 Å². The first-order chi connectivity index (χ1) is 10.1. The van der Waals surface area contributed by atoms with Crippen molar-refractivity contribution in [2.75, 3.05) is 6.61 Å². The van der Waals surface area contributed by atoms with Crippen LogP contribution < -0.4 is 4.74 Å². The second-order valence-electron chi connectivity index (χ2n) is 4.83. The van der Waals surface area contributed by atoms with E-state index >= 15 is 0 Å². The van der Waals surface area contributed by atoms with E-state index in [1.807, 2.05) is 31.2 Å². The minimum Gasteiger partial charge on any atom is -0.493 e. The summed E-state index contributed by atoms with van der Waals surface area (Å²) >= 11 is 12.1. The number of ether oxygens (including phenoxy) is 1. The second-order valence-corrected chi connectivity index (χ2v) is 5.65. The first-order valence-electron chi connectivity index (χ1n) is 6.70. The molecule has 2 aromatic rings. The molecule has 0 aromatic heterocycles. The number of rotatable bonds is 6. The number of hydrogen-bond donors (Lipinski definition) is 0. The molecule has 0 bridgehead atoms. The minimum absolute atomic E-state index is 0.0534. The smallest absolute Gasteiger partial charge is 0.140 e. The number of benzene rings is 2. The van der Waals surface area contributed by atoms with Gasteiger partial charge in [-0.05, 0) is 42.3 Å². The molecule has 0 aliphatic rings. The molecule has 0 atom stereocenters. The number of aryl methyl sites for hydroxylation is 1. The molecule has 0 amide bonds. The van der Waals surface area contributed by atoms with E-state index in [0.29, 0.717) is 28.6 Å². The molecule has 0 heterocycles. The molecule has 0 spiro atoms. The zero-order valence-corrected chi connectivity index (χ0v) is 13.2. The van der Waals surface area contributed by atoms with Crippen molar-refractivity contribution in [1.82, 2.24) is 0 Å². The molecule has 2 nitrogen and oxygen atoms in total. The van der Waals surface area contributed by atoms with Crippen LogP contribution in [0.4, 0.5) is 0 Å². The Morgan fingerprint density at radius 2 is 1.76 bits per heavy atom. The number of halogens is 2. The molecular formula is C17H16Cl2O2. The number of carbonyl (C=O) groups is 1. The molecule has 21 heavy (non-hydrogen) atoms. The van der Waals surface area contributed by atoms with Crippen LogP contribution in [0, 0.1) is 6.92 Å². The second kappa shape index (κ2) is 7.48. The maximum absolute atomic E-state index is 12.0. The van der Waals surface area contributed by atoms with Crippen LogP contribution in [0.5, 0.6) is 5.75 Å². The van der Waals surface area contributed by atoms with Crippen molar-refractivity contribution in [2.45, 2.75) is 19.8 Å². The van der Waals surface area contributed by atoms with E-state index in [1.165, 1.54) is 0 Å². The average Bonchev–Trinajstić information content (AvgIpc) is 2.43. The Morgan fingerprint density at radius 1 is 1.10 bits per heavy atom. The molecule has 0 unspecified atom stereocenters. The van der Waals surface area contributed by atoms with Gasteiger partial charge in [0.2, 0.25) is 0 Å². The fraction of sp³-hybridized carbons (Fsp3) is 0.235. The van der Waals surface area contributed by atoms with E-state index < -0.39 is 0 Å². The van der Waals surface area contributed by atoms with Gasteiger partial charge in [0.1, 0.15) is 11.5 Å². The number of hydrogen-bond acceptors (Lipinski definition) is 2. The first-order valence-corrected chi connectivity index (χ1v) is 7.46. The lowest BCUT2D eigenvalue weighted by molar-refractivity contribution is -0.118. The summed E-state index contributed by atoms with van der Waals surface area (Å²) in [4.78, 5) is 12.0. The van der Waals surface area contributed by atoms with Gasteiger partial charge < -0.3 is 4.74 Å². The molecule has 0 aliphatic heterocycles. The van der Waals surface area contributed by atoms with Crippen molar-refractivity contribution in [3.63, 3.8) is 0 Å². The van der Waals surface area contributed by atoms with Gasteiger partial charge >= 0.3 is 0 Å². The molecule has 0 fully saturated rings. The van der Waals surface area contributed by atoms with Gasteiger partial charge in [-0.15, -0.1) is 0 Å². The van der Waals surface area contributed by atoms with E-state index in [0.717, 1.165) is 11.3 Å². The van der Waals surface area contributed by atoms with Crippen molar-refractivity contribution in [3.05, 3.63) is 63.6 Å². The summed E-state index contributed by atoms with van der Waals surface area (Å²) in [5, 5.41) is 1.05. The third-order valence-corrected chi connectivity index (χ3v) is 3.78. The molecule has 0 N–H and O–H groups in total. The van der Waals surface area contributed by atoms with Crippen LogP contribution in [-0.2, 0) is 11.2 Å². The van der Waals surface area contributed by atoms with Crippen LogP contribution in [0.25, 0.3) is 0 Å². The molecule has 0 radical (unpaired) electrons. The standard InChI is InChI=1S/C17H16Cl2O2/c1-12-4-2-5-14(10-12)21-9-8-13(20)11-15-16(18)6-3-7-17(15)19/h2-7,10H,8-9,11H2,1H3. The van der Waals surface area contributed by atoms with Gasteiger partial charge in [-0.3, -0.25) is 4.79 Å². The average molecular weight is 323 g/mol. The fourth-order valence-corrected chi connectivity index (χ4v) is 2.51. The lowest BCUT2D eigenvalue weighted by Gasteiger charge is -2.08. The van der Waals surface area contributed by atoms with Crippen molar-refractivity contribution < 1.29 is 9.53 Å². The van der Waals surface area contributed by atoms with Crippen molar-refractivity contribution in [3.8, 4) is 5.75 Å². The summed E-state index contributed by atoms with van der Waals surface area (Å²) < 4.78 is 5.57. The van der Waals surface area contributed by atoms with Gasteiger partial charge in [0.15, 0.2) is 0 Å². The van der Waals surface area contributed by atoms with E-state index in [2.05, 4.69) is 0 Å². The SMILES string of the molecule is Cc1cccc(OCCC(=O)Cc2c(Cl)cccc2Cl)c1. The zero-order chi connectivity index (χ0) is 15.2. The molecule has 110 valence electrons.